The van der Waals surface area contributed by atoms with Crippen LogP contribution < -0.4 is 5.73 Å². The van der Waals surface area contributed by atoms with Gasteiger partial charge in [-0.2, -0.15) is 0 Å². The van der Waals surface area contributed by atoms with Gasteiger partial charge < -0.3 is 15.9 Å². The monoisotopic (exact) mass is 197 g/mol. The van der Waals surface area contributed by atoms with Crippen LogP contribution in [0.5, 0.6) is 0 Å². The fraction of sp³-hybridized carbons (Fsp3) is 0.455. The molecule has 0 aromatic carbocycles. The van der Waals surface area contributed by atoms with E-state index in [1.54, 1.807) is 6.08 Å². The van der Waals surface area contributed by atoms with Crippen LogP contribution in [0.4, 0.5) is 0 Å². The van der Waals surface area contributed by atoms with Gasteiger partial charge in [0.1, 0.15) is 0 Å². The Hall–Kier alpha value is -0.900. The fourth-order valence-corrected chi connectivity index (χ4v) is 0.998. The first-order valence-electron chi connectivity index (χ1n) is 4.67. The number of hydrogen-bond donors (Lipinski definition) is 3. The highest BCUT2D eigenvalue weighted by Crippen LogP contribution is 2.09. The molecule has 0 amide bonds. The van der Waals surface area contributed by atoms with E-state index in [9.17, 15) is 0 Å². The van der Waals surface area contributed by atoms with Crippen molar-refractivity contribution in [1.29, 1.82) is 0 Å². The Bertz CT molecular complexity index is 219. The lowest BCUT2D eigenvalue weighted by atomic mass is 10.1. The summed E-state index contributed by atoms with van der Waals surface area (Å²) in [7, 11) is 0. The maximum atomic E-state index is 8.76. The number of rotatable bonds is 6. The Morgan fingerprint density at radius 2 is 2.14 bits per heavy atom. The van der Waals surface area contributed by atoms with E-state index < -0.39 is 12.3 Å². The van der Waals surface area contributed by atoms with Crippen LogP contribution in [0.15, 0.2) is 36.5 Å². The second-order valence-electron chi connectivity index (χ2n) is 3.07. The van der Waals surface area contributed by atoms with Crippen molar-refractivity contribution >= 4 is 0 Å². The van der Waals surface area contributed by atoms with Crippen LogP contribution in [-0.4, -0.2) is 22.5 Å². The molecule has 0 unspecified atom stereocenters. The number of aliphatic hydroxyl groups is 2. The molecule has 0 radical (unpaired) electrons. The average molecular weight is 197 g/mol. The molecular formula is C11H19NO2. The number of aliphatic hydroxyl groups excluding tert-OH is 1. The van der Waals surface area contributed by atoms with E-state index in [0.29, 0.717) is 6.42 Å². The van der Waals surface area contributed by atoms with Gasteiger partial charge in [-0.25, -0.2) is 0 Å². The van der Waals surface area contributed by atoms with Crippen molar-refractivity contribution in [3.63, 3.8) is 0 Å². The van der Waals surface area contributed by atoms with E-state index in [0.717, 1.165) is 12.0 Å². The Balaban J connectivity index is 3.97. The van der Waals surface area contributed by atoms with E-state index in [4.69, 9.17) is 15.9 Å². The maximum absolute atomic E-state index is 8.76. The summed E-state index contributed by atoms with van der Waals surface area (Å²) in [5.41, 5.74) is 6.59. The summed E-state index contributed by atoms with van der Waals surface area (Å²) in [5.74, 6) is 0. The summed E-state index contributed by atoms with van der Waals surface area (Å²) in [6.07, 6.45) is 7.30. The van der Waals surface area contributed by atoms with Gasteiger partial charge in [0.2, 0.25) is 0 Å². The van der Waals surface area contributed by atoms with E-state index in [1.807, 2.05) is 25.2 Å². The molecule has 0 fully saturated rings. The van der Waals surface area contributed by atoms with Crippen LogP contribution in [0.2, 0.25) is 0 Å². The molecule has 0 aromatic heterocycles. The van der Waals surface area contributed by atoms with Crippen LogP contribution in [0.25, 0.3) is 0 Å². The molecule has 0 heterocycles. The van der Waals surface area contributed by atoms with Gasteiger partial charge in [0.05, 0.1) is 6.04 Å². The molecule has 80 valence electrons. The lowest BCUT2D eigenvalue weighted by Crippen LogP contribution is -2.34. The van der Waals surface area contributed by atoms with Crippen molar-refractivity contribution in [1.82, 2.24) is 0 Å². The van der Waals surface area contributed by atoms with Crippen LogP contribution in [0.1, 0.15) is 19.8 Å². The molecule has 4 N–H and O–H groups in total. The Morgan fingerprint density at radius 3 is 2.57 bits per heavy atom. The van der Waals surface area contributed by atoms with E-state index >= 15 is 0 Å². The highest BCUT2D eigenvalue weighted by molar-refractivity contribution is 5.20. The van der Waals surface area contributed by atoms with Crippen molar-refractivity contribution in [2.75, 3.05) is 0 Å². The van der Waals surface area contributed by atoms with Crippen LogP contribution >= 0.6 is 0 Å². The molecule has 14 heavy (non-hydrogen) atoms. The molecule has 0 bridgehead atoms. The predicted octanol–water partition coefficient (Wildman–Crippen LogP) is 1.09. The van der Waals surface area contributed by atoms with Gasteiger partial charge in [-0.1, -0.05) is 36.5 Å². The van der Waals surface area contributed by atoms with Crippen LogP contribution in [-0.2, 0) is 0 Å². The molecule has 0 aliphatic rings. The van der Waals surface area contributed by atoms with Crippen molar-refractivity contribution in [3.8, 4) is 0 Å². The maximum Gasteiger partial charge on any atom is 0.166 e. The van der Waals surface area contributed by atoms with Crippen LogP contribution in [0.3, 0.4) is 0 Å². The summed E-state index contributed by atoms with van der Waals surface area (Å²) in [6, 6.07) is -0.581. The topological polar surface area (TPSA) is 66.5 Å². The number of nitrogens with two attached hydrogens (primary N) is 1. The second kappa shape index (κ2) is 7.50. The van der Waals surface area contributed by atoms with Crippen molar-refractivity contribution in [2.24, 2.45) is 5.73 Å². The Labute approximate surface area is 85.2 Å². The van der Waals surface area contributed by atoms with Gasteiger partial charge in [-0.3, -0.25) is 0 Å². The molecule has 3 heteroatoms. The molecule has 0 aliphatic carbocycles. The van der Waals surface area contributed by atoms with Gasteiger partial charge in [-0.05, 0) is 19.8 Å². The molecule has 0 saturated carbocycles. The lowest BCUT2D eigenvalue weighted by molar-refractivity contribution is -0.0594. The van der Waals surface area contributed by atoms with Gasteiger partial charge in [-0.15, -0.1) is 0 Å². The average Bonchev–Trinajstić information content (AvgIpc) is 2.17. The quantitative estimate of drug-likeness (QED) is 0.441. The molecule has 0 rings (SSSR count). The first-order valence-corrected chi connectivity index (χ1v) is 4.67. The minimum atomic E-state index is -1.43. The second-order valence-corrected chi connectivity index (χ2v) is 3.07. The molecule has 0 aromatic rings. The summed E-state index contributed by atoms with van der Waals surface area (Å²) in [6.45, 7) is 5.51. The molecule has 1 atom stereocenters. The molecule has 0 aliphatic heterocycles. The SMILES string of the molecule is C=C/C=C\C(=C/C)CC[C@H](N)C(O)O. The van der Waals surface area contributed by atoms with Gasteiger partial charge in [0.15, 0.2) is 6.29 Å². The first kappa shape index (κ1) is 13.1. The lowest BCUT2D eigenvalue weighted by Gasteiger charge is -2.13. The van der Waals surface area contributed by atoms with Gasteiger partial charge in [0, 0.05) is 0 Å². The van der Waals surface area contributed by atoms with Gasteiger partial charge >= 0.3 is 0 Å². The summed E-state index contributed by atoms with van der Waals surface area (Å²) < 4.78 is 0. The highest BCUT2D eigenvalue weighted by Gasteiger charge is 2.10. The molecule has 3 nitrogen and oxygen atoms in total. The third-order valence-corrected chi connectivity index (χ3v) is 1.97. The fourth-order valence-electron chi connectivity index (χ4n) is 0.998. The van der Waals surface area contributed by atoms with Crippen molar-refractivity contribution in [3.05, 3.63) is 36.5 Å². The zero-order valence-corrected chi connectivity index (χ0v) is 8.56. The molecule has 0 spiro atoms. The third-order valence-electron chi connectivity index (χ3n) is 1.97. The zero-order chi connectivity index (χ0) is 11.0. The highest BCUT2D eigenvalue weighted by atomic mass is 16.5. The minimum absolute atomic E-state index is 0.554. The first-order chi connectivity index (χ1) is 6.61. The summed E-state index contributed by atoms with van der Waals surface area (Å²) in [4.78, 5) is 0. The Morgan fingerprint density at radius 1 is 1.50 bits per heavy atom. The van der Waals surface area contributed by atoms with Gasteiger partial charge in [0.25, 0.3) is 0 Å². The summed E-state index contributed by atoms with van der Waals surface area (Å²) in [5, 5.41) is 17.5. The van der Waals surface area contributed by atoms with Crippen molar-refractivity contribution < 1.29 is 10.2 Å². The number of allylic oxidation sites excluding steroid dienone is 5. The van der Waals surface area contributed by atoms with E-state index in [2.05, 4.69) is 6.58 Å². The van der Waals surface area contributed by atoms with Crippen molar-refractivity contribution in [2.45, 2.75) is 32.1 Å². The standard InChI is InChI=1S/C11H19NO2/c1-3-5-6-9(4-2)7-8-10(12)11(13)14/h3-6,10-11,13-14H,1,7-8,12H2,2H3/b6-5-,9-4+/t10-/m0/s1. The normalized spacial score (nSPS) is 15.1. The molecular weight excluding hydrogens is 178 g/mol. The molecule has 0 saturated heterocycles. The Kier molecular flexibility index (Phi) is 7.02. The largest absolute Gasteiger partial charge is 0.367 e. The van der Waals surface area contributed by atoms with E-state index in [1.165, 1.54) is 0 Å². The summed E-state index contributed by atoms with van der Waals surface area (Å²) >= 11 is 0. The smallest absolute Gasteiger partial charge is 0.166 e. The minimum Gasteiger partial charge on any atom is -0.367 e. The predicted molar refractivity (Wildman–Crippen MR) is 58.5 cm³/mol. The van der Waals surface area contributed by atoms with E-state index in [-0.39, 0.29) is 0 Å². The van der Waals surface area contributed by atoms with Crippen LogP contribution in [0, 0.1) is 0 Å². The number of hydrogen-bond acceptors (Lipinski definition) is 3. The third kappa shape index (κ3) is 5.70. The zero-order valence-electron chi connectivity index (χ0n) is 8.56.